The first-order chi connectivity index (χ1) is 10.2. The molecule has 0 fully saturated rings. The molecule has 21 heavy (non-hydrogen) atoms. The van der Waals surface area contributed by atoms with Crippen LogP contribution in [0.5, 0.6) is 0 Å². The number of nitrogens with zero attached hydrogens (tertiary/aromatic N) is 5. The minimum Gasteiger partial charge on any atom is -0.395 e. The van der Waals surface area contributed by atoms with Crippen LogP contribution in [0.4, 0.5) is 11.9 Å². The van der Waals surface area contributed by atoms with Crippen molar-refractivity contribution < 1.29 is 20.4 Å². The molecule has 0 spiro atoms. The van der Waals surface area contributed by atoms with E-state index in [0.29, 0.717) is 0 Å². The summed E-state index contributed by atoms with van der Waals surface area (Å²) in [7, 11) is 0. The summed E-state index contributed by atoms with van der Waals surface area (Å²) in [4.78, 5) is 15.3. The Labute approximate surface area is 127 Å². The molecule has 1 aromatic rings. The standard InChI is InChI=1S/C11H20ClN5O4/c12-9-13-10(16(1-5-18)2-6-19)15-11(14-9)17(3-7-20)4-8-21/h18-21H,1-8H2. The predicted octanol–water partition coefficient (Wildman–Crippen LogP) is -1.89. The minimum atomic E-state index is -0.129. The van der Waals surface area contributed by atoms with Gasteiger partial charge in [0, 0.05) is 26.2 Å². The van der Waals surface area contributed by atoms with E-state index in [-0.39, 0.29) is 69.8 Å². The van der Waals surface area contributed by atoms with Gasteiger partial charge in [-0.2, -0.15) is 15.0 Å². The van der Waals surface area contributed by atoms with E-state index in [4.69, 9.17) is 32.0 Å². The molecule has 0 atom stereocenters. The Balaban J connectivity index is 3.05. The molecular formula is C11H20ClN5O4. The van der Waals surface area contributed by atoms with Crippen molar-refractivity contribution in [2.24, 2.45) is 0 Å². The predicted molar refractivity (Wildman–Crippen MR) is 77.6 cm³/mol. The van der Waals surface area contributed by atoms with E-state index >= 15 is 0 Å². The van der Waals surface area contributed by atoms with E-state index in [1.54, 1.807) is 9.80 Å². The molecule has 9 nitrogen and oxygen atoms in total. The Bertz CT molecular complexity index is 379. The van der Waals surface area contributed by atoms with E-state index in [1.807, 2.05) is 0 Å². The topological polar surface area (TPSA) is 126 Å². The number of aliphatic hydroxyl groups is 4. The van der Waals surface area contributed by atoms with Gasteiger partial charge >= 0.3 is 0 Å². The largest absolute Gasteiger partial charge is 0.395 e. The van der Waals surface area contributed by atoms with Crippen LogP contribution in [0.15, 0.2) is 0 Å². The van der Waals surface area contributed by atoms with Gasteiger partial charge in [-0.25, -0.2) is 0 Å². The van der Waals surface area contributed by atoms with E-state index in [1.165, 1.54) is 0 Å². The van der Waals surface area contributed by atoms with Gasteiger partial charge in [0.15, 0.2) is 0 Å². The second-order valence-corrected chi connectivity index (χ2v) is 4.41. The number of hydrogen-bond acceptors (Lipinski definition) is 9. The minimum absolute atomic E-state index is 0.0447. The lowest BCUT2D eigenvalue weighted by Gasteiger charge is -2.24. The highest BCUT2D eigenvalue weighted by Gasteiger charge is 2.16. The van der Waals surface area contributed by atoms with Gasteiger partial charge in [0.1, 0.15) is 0 Å². The molecule has 0 unspecified atom stereocenters. The quantitative estimate of drug-likeness (QED) is 0.391. The molecule has 4 N–H and O–H groups in total. The third-order valence-electron chi connectivity index (χ3n) is 2.63. The lowest BCUT2D eigenvalue weighted by Crippen LogP contribution is -2.34. The molecule has 0 saturated carbocycles. The summed E-state index contributed by atoms with van der Waals surface area (Å²) in [5, 5.41) is 36.1. The van der Waals surface area contributed by atoms with Crippen LogP contribution in [0.2, 0.25) is 5.28 Å². The number of hydrogen-bond donors (Lipinski definition) is 4. The monoisotopic (exact) mass is 321 g/mol. The zero-order valence-electron chi connectivity index (χ0n) is 11.6. The third kappa shape index (κ3) is 5.56. The van der Waals surface area contributed by atoms with Crippen LogP contribution in [0, 0.1) is 0 Å². The highest BCUT2D eigenvalue weighted by molar-refractivity contribution is 6.28. The van der Waals surface area contributed by atoms with Crippen molar-refractivity contribution >= 4 is 23.5 Å². The van der Waals surface area contributed by atoms with E-state index in [0.717, 1.165) is 0 Å². The molecule has 120 valence electrons. The zero-order chi connectivity index (χ0) is 15.7. The first-order valence-corrected chi connectivity index (χ1v) is 6.89. The lowest BCUT2D eigenvalue weighted by atomic mass is 10.5. The molecule has 1 aromatic heterocycles. The van der Waals surface area contributed by atoms with Crippen LogP contribution in [0.25, 0.3) is 0 Å². The van der Waals surface area contributed by atoms with Crippen molar-refractivity contribution in [3.63, 3.8) is 0 Å². The van der Waals surface area contributed by atoms with Gasteiger partial charge in [-0.3, -0.25) is 0 Å². The summed E-state index contributed by atoms with van der Waals surface area (Å²) in [6.45, 7) is 0.428. The smallest absolute Gasteiger partial charge is 0.231 e. The van der Waals surface area contributed by atoms with E-state index in [2.05, 4.69) is 15.0 Å². The molecule has 0 aliphatic carbocycles. The van der Waals surface area contributed by atoms with Crippen molar-refractivity contribution in [1.29, 1.82) is 0 Å². The van der Waals surface area contributed by atoms with Crippen molar-refractivity contribution in [3.8, 4) is 0 Å². The summed E-state index contributed by atoms with van der Waals surface area (Å²) < 4.78 is 0. The maximum absolute atomic E-state index is 9.04. The molecule has 10 heteroatoms. The second-order valence-electron chi connectivity index (χ2n) is 4.07. The Morgan fingerprint density at radius 1 is 0.667 bits per heavy atom. The maximum Gasteiger partial charge on any atom is 0.231 e. The van der Waals surface area contributed by atoms with E-state index < -0.39 is 0 Å². The Morgan fingerprint density at radius 3 is 1.29 bits per heavy atom. The van der Waals surface area contributed by atoms with Gasteiger partial charge in [0.2, 0.25) is 17.2 Å². The fourth-order valence-corrected chi connectivity index (χ4v) is 1.87. The Morgan fingerprint density at radius 2 is 1.00 bits per heavy atom. The third-order valence-corrected chi connectivity index (χ3v) is 2.80. The highest BCUT2D eigenvalue weighted by atomic mass is 35.5. The van der Waals surface area contributed by atoms with Crippen LogP contribution < -0.4 is 9.80 Å². The molecule has 1 heterocycles. The molecule has 0 aliphatic rings. The maximum atomic E-state index is 9.04. The molecular weight excluding hydrogens is 302 g/mol. The van der Waals surface area contributed by atoms with Crippen molar-refractivity contribution in [2.75, 3.05) is 62.4 Å². The number of aliphatic hydroxyl groups excluding tert-OH is 4. The van der Waals surface area contributed by atoms with Crippen LogP contribution in [0.1, 0.15) is 0 Å². The number of rotatable bonds is 10. The molecule has 0 amide bonds. The van der Waals surface area contributed by atoms with Crippen molar-refractivity contribution in [3.05, 3.63) is 5.28 Å². The van der Waals surface area contributed by atoms with Gasteiger partial charge in [0.25, 0.3) is 0 Å². The first-order valence-electron chi connectivity index (χ1n) is 6.51. The summed E-state index contributed by atoms with van der Waals surface area (Å²) in [6, 6.07) is 0. The van der Waals surface area contributed by atoms with Gasteiger partial charge in [0.05, 0.1) is 26.4 Å². The number of anilines is 2. The summed E-state index contributed by atoms with van der Waals surface area (Å²) in [6.07, 6.45) is 0. The van der Waals surface area contributed by atoms with Gasteiger partial charge in [-0.05, 0) is 11.6 Å². The van der Waals surface area contributed by atoms with Gasteiger partial charge in [-0.15, -0.1) is 0 Å². The molecule has 0 radical (unpaired) electrons. The number of aromatic nitrogens is 3. The average molecular weight is 322 g/mol. The van der Waals surface area contributed by atoms with Crippen molar-refractivity contribution in [2.45, 2.75) is 0 Å². The van der Waals surface area contributed by atoms with E-state index in [9.17, 15) is 0 Å². The Kier molecular flexibility index (Phi) is 8.16. The molecule has 0 saturated heterocycles. The average Bonchev–Trinajstić information content (AvgIpc) is 2.46. The molecule has 0 aliphatic heterocycles. The fourth-order valence-electron chi connectivity index (χ4n) is 1.72. The lowest BCUT2D eigenvalue weighted by molar-refractivity contribution is 0.279. The number of halogens is 1. The molecule has 1 rings (SSSR count). The zero-order valence-corrected chi connectivity index (χ0v) is 12.3. The molecule has 0 aromatic carbocycles. The normalized spacial score (nSPS) is 10.7. The van der Waals surface area contributed by atoms with Crippen LogP contribution >= 0.6 is 11.6 Å². The first kappa shape index (κ1) is 17.8. The van der Waals surface area contributed by atoms with Crippen LogP contribution in [0.3, 0.4) is 0 Å². The van der Waals surface area contributed by atoms with Gasteiger partial charge < -0.3 is 30.2 Å². The highest BCUT2D eigenvalue weighted by Crippen LogP contribution is 2.16. The summed E-state index contributed by atoms with van der Waals surface area (Å²) in [5.74, 6) is 0.433. The van der Waals surface area contributed by atoms with Crippen LogP contribution in [-0.4, -0.2) is 88.0 Å². The Hall–Kier alpha value is -1.26. The van der Waals surface area contributed by atoms with Crippen molar-refractivity contribution in [1.82, 2.24) is 15.0 Å². The summed E-state index contributed by atoms with van der Waals surface area (Å²) in [5.41, 5.74) is 0. The second kappa shape index (κ2) is 9.64. The molecule has 0 bridgehead atoms. The SMILES string of the molecule is OCCN(CCO)c1nc(Cl)nc(N(CCO)CCO)n1. The van der Waals surface area contributed by atoms with Gasteiger partial charge in [-0.1, -0.05) is 0 Å². The van der Waals surface area contributed by atoms with Crippen LogP contribution in [-0.2, 0) is 0 Å². The summed E-state index contributed by atoms with van der Waals surface area (Å²) >= 11 is 5.87. The fraction of sp³-hybridized carbons (Fsp3) is 0.727.